The third-order valence-electron chi connectivity index (χ3n) is 3.25. The summed E-state index contributed by atoms with van der Waals surface area (Å²) in [4.78, 5) is 18.4. The van der Waals surface area contributed by atoms with Gasteiger partial charge in [0.2, 0.25) is 0 Å². The molecule has 1 amide bonds. The number of nitrogens with zero attached hydrogens (tertiary/aromatic N) is 2. The van der Waals surface area contributed by atoms with Crippen molar-refractivity contribution < 1.29 is 4.79 Å². The summed E-state index contributed by atoms with van der Waals surface area (Å²) < 4.78 is 2.01. The van der Waals surface area contributed by atoms with Crippen LogP contribution in [0.15, 0.2) is 36.4 Å². The molecule has 0 aliphatic rings. The molecular formula is C15H15N3OS. The van der Waals surface area contributed by atoms with E-state index in [9.17, 15) is 4.79 Å². The standard InChI is InChI=1S/C15H15N3OS/c1-10-7-8-13(20-10)15(19)16-9-14-17-11-5-3-4-6-12(11)18(14)2/h3-8H,9H2,1-2H3,(H,16,19). The lowest BCUT2D eigenvalue weighted by molar-refractivity contribution is 0.0953. The van der Waals surface area contributed by atoms with Crippen LogP contribution < -0.4 is 5.32 Å². The highest BCUT2D eigenvalue weighted by atomic mass is 32.1. The van der Waals surface area contributed by atoms with Gasteiger partial charge in [0.1, 0.15) is 5.82 Å². The average Bonchev–Trinajstić information content (AvgIpc) is 3.01. The van der Waals surface area contributed by atoms with Crippen LogP contribution in [0.5, 0.6) is 0 Å². The molecule has 0 aliphatic heterocycles. The van der Waals surface area contributed by atoms with Crippen molar-refractivity contribution in [3.63, 3.8) is 0 Å². The molecule has 0 aliphatic carbocycles. The molecule has 20 heavy (non-hydrogen) atoms. The van der Waals surface area contributed by atoms with E-state index in [1.165, 1.54) is 11.3 Å². The monoisotopic (exact) mass is 285 g/mol. The van der Waals surface area contributed by atoms with E-state index in [2.05, 4.69) is 10.3 Å². The molecule has 0 radical (unpaired) electrons. The van der Waals surface area contributed by atoms with E-state index in [1.54, 1.807) is 0 Å². The Morgan fingerprint density at radius 1 is 1.30 bits per heavy atom. The van der Waals surface area contributed by atoms with Crippen molar-refractivity contribution in [2.24, 2.45) is 7.05 Å². The van der Waals surface area contributed by atoms with Crippen molar-refractivity contribution >= 4 is 28.3 Å². The molecule has 102 valence electrons. The van der Waals surface area contributed by atoms with Gasteiger partial charge in [0.15, 0.2) is 0 Å². The third kappa shape index (κ3) is 2.32. The SMILES string of the molecule is Cc1ccc(C(=O)NCc2nc3ccccc3n2C)s1. The summed E-state index contributed by atoms with van der Waals surface area (Å²) in [5, 5.41) is 2.92. The largest absolute Gasteiger partial charge is 0.344 e. The zero-order valence-electron chi connectivity index (χ0n) is 11.4. The molecule has 1 aromatic carbocycles. The van der Waals surface area contributed by atoms with Crippen molar-refractivity contribution in [3.05, 3.63) is 52.0 Å². The van der Waals surface area contributed by atoms with E-state index in [1.807, 2.05) is 54.9 Å². The molecule has 0 bridgehead atoms. The molecular weight excluding hydrogens is 270 g/mol. The van der Waals surface area contributed by atoms with Crippen LogP contribution in [-0.4, -0.2) is 15.5 Å². The van der Waals surface area contributed by atoms with Crippen LogP contribution in [0, 0.1) is 6.92 Å². The van der Waals surface area contributed by atoms with E-state index >= 15 is 0 Å². The van der Waals surface area contributed by atoms with Gasteiger partial charge in [-0.25, -0.2) is 4.98 Å². The molecule has 5 heteroatoms. The Labute approximate surface area is 121 Å². The maximum Gasteiger partial charge on any atom is 0.261 e. The number of rotatable bonds is 3. The molecule has 3 aromatic rings. The molecule has 2 aromatic heterocycles. The Bertz CT molecular complexity index is 772. The number of para-hydroxylation sites is 2. The smallest absolute Gasteiger partial charge is 0.261 e. The molecule has 0 saturated carbocycles. The first-order chi connectivity index (χ1) is 9.65. The Hall–Kier alpha value is -2.14. The van der Waals surface area contributed by atoms with E-state index < -0.39 is 0 Å². The lowest BCUT2D eigenvalue weighted by Gasteiger charge is -2.04. The Kier molecular flexibility index (Phi) is 3.28. The second kappa shape index (κ2) is 5.09. The summed E-state index contributed by atoms with van der Waals surface area (Å²) in [7, 11) is 1.96. The lowest BCUT2D eigenvalue weighted by Crippen LogP contribution is -2.23. The van der Waals surface area contributed by atoms with Gasteiger partial charge in [-0.1, -0.05) is 12.1 Å². The highest BCUT2D eigenvalue weighted by molar-refractivity contribution is 7.13. The average molecular weight is 285 g/mol. The first-order valence-electron chi connectivity index (χ1n) is 6.40. The molecule has 4 nitrogen and oxygen atoms in total. The number of imidazole rings is 1. The summed E-state index contributed by atoms with van der Waals surface area (Å²) in [5.74, 6) is 0.808. The molecule has 2 heterocycles. The minimum atomic E-state index is -0.0462. The molecule has 0 unspecified atom stereocenters. The maximum absolute atomic E-state index is 12.0. The first kappa shape index (κ1) is 12.9. The number of benzene rings is 1. The predicted octanol–water partition coefficient (Wildman–Crippen LogP) is 2.87. The van der Waals surface area contributed by atoms with Gasteiger partial charge in [0, 0.05) is 11.9 Å². The Morgan fingerprint density at radius 2 is 2.10 bits per heavy atom. The predicted molar refractivity (Wildman–Crippen MR) is 80.9 cm³/mol. The fourth-order valence-electron chi connectivity index (χ4n) is 2.16. The number of aryl methyl sites for hydroxylation is 2. The highest BCUT2D eigenvalue weighted by Crippen LogP contribution is 2.16. The van der Waals surface area contributed by atoms with Crippen LogP contribution in [-0.2, 0) is 13.6 Å². The molecule has 0 spiro atoms. The number of thiophene rings is 1. The topological polar surface area (TPSA) is 46.9 Å². The third-order valence-corrected chi connectivity index (χ3v) is 4.25. The van der Waals surface area contributed by atoms with E-state index in [4.69, 9.17) is 0 Å². The zero-order chi connectivity index (χ0) is 14.1. The van der Waals surface area contributed by atoms with Crippen LogP contribution in [0.25, 0.3) is 11.0 Å². The Balaban J connectivity index is 1.77. The molecule has 0 fully saturated rings. The number of aromatic nitrogens is 2. The molecule has 0 atom stereocenters. The van der Waals surface area contributed by atoms with Gasteiger partial charge in [-0.3, -0.25) is 4.79 Å². The number of amides is 1. The second-order valence-corrected chi connectivity index (χ2v) is 5.96. The van der Waals surface area contributed by atoms with Crippen LogP contribution in [0.2, 0.25) is 0 Å². The van der Waals surface area contributed by atoms with Gasteiger partial charge in [-0.05, 0) is 31.2 Å². The Morgan fingerprint density at radius 3 is 2.80 bits per heavy atom. The maximum atomic E-state index is 12.0. The number of carbonyl (C=O) groups is 1. The van der Waals surface area contributed by atoms with E-state index in [0.717, 1.165) is 26.6 Å². The van der Waals surface area contributed by atoms with Gasteiger partial charge >= 0.3 is 0 Å². The number of nitrogens with one attached hydrogen (secondary N) is 1. The summed E-state index contributed by atoms with van der Waals surface area (Å²) in [6.45, 7) is 2.42. The van der Waals surface area contributed by atoms with E-state index in [-0.39, 0.29) is 5.91 Å². The number of fused-ring (bicyclic) bond motifs is 1. The molecule has 1 N–H and O–H groups in total. The highest BCUT2D eigenvalue weighted by Gasteiger charge is 2.11. The van der Waals surface area contributed by atoms with Crippen molar-refractivity contribution in [2.45, 2.75) is 13.5 Å². The van der Waals surface area contributed by atoms with Gasteiger partial charge < -0.3 is 9.88 Å². The lowest BCUT2D eigenvalue weighted by atomic mass is 10.3. The van der Waals surface area contributed by atoms with Gasteiger partial charge in [-0.2, -0.15) is 0 Å². The summed E-state index contributed by atoms with van der Waals surface area (Å²) in [6, 6.07) is 11.8. The molecule has 3 rings (SSSR count). The number of hydrogen-bond donors (Lipinski definition) is 1. The van der Waals surface area contributed by atoms with E-state index in [0.29, 0.717) is 6.54 Å². The minimum absolute atomic E-state index is 0.0462. The van der Waals surface area contributed by atoms with Crippen molar-refractivity contribution in [2.75, 3.05) is 0 Å². The van der Waals surface area contributed by atoms with Crippen LogP contribution in [0.4, 0.5) is 0 Å². The van der Waals surface area contributed by atoms with Gasteiger partial charge in [0.25, 0.3) is 5.91 Å². The van der Waals surface area contributed by atoms with Crippen molar-refractivity contribution in [1.29, 1.82) is 0 Å². The number of carbonyl (C=O) groups excluding carboxylic acids is 1. The van der Waals surface area contributed by atoms with Gasteiger partial charge in [-0.15, -0.1) is 11.3 Å². The summed E-state index contributed by atoms with van der Waals surface area (Å²) in [5.41, 5.74) is 2.02. The zero-order valence-corrected chi connectivity index (χ0v) is 12.2. The van der Waals surface area contributed by atoms with Crippen LogP contribution in [0.1, 0.15) is 20.4 Å². The van der Waals surface area contributed by atoms with Crippen molar-refractivity contribution in [1.82, 2.24) is 14.9 Å². The normalized spacial score (nSPS) is 10.9. The quantitative estimate of drug-likeness (QED) is 0.804. The number of hydrogen-bond acceptors (Lipinski definition) is 3. The van der Waals surface area contributed by atoms with Gasteiger partial charge in [0.05, 0.1) is 22.5 Å². The molecule has 0 saturated heterocycles. The van der Waals surface area contributed by atoms with Crippen LogP contribution in [0.3, 0.4) is 0 Å². The first-order valence-corrected chi connectivity index (χ1v) is 7.22. The van der Waals surface area contributed by atoms with Crippen LogP contribution >= 0.6 is 11.3 Å². The summed E-state index contributed by atoms with van der Waals surface area (Å²) in [6.07, 6.45) is 0. The summed E-state index contributed by atoms with van der Waals surface area (Å²) >= 11 is 1.50. The van der Waals surface area contributed by atoms with Crippen molar-refractivity contribution in [3.8, 4) is 0 Å². The fraction of sp³-hybridized carbons (Fsp3) is 0.200. The minimum Gasteiger partial charge on any atom is -0.344 e. The second-order valence-electron chi connectivity index (χ2n) is 4.67. The fourth-order valence-corrected chi connectivity index (χ4v) is 2.94.